The monoisotopic (exact) mass is 416 g/mol. The Morgan fingerprint density at radius 3 is 2.72 bits per heavy atom. The van der Waals surface area contributed by atoms with Crippen LogP contribution < -0.4 is 5.32 Å². The van der Waals surface area contributed by atoms with Crippen molar-refractivity contribution in [2.24, 2.45) is 13.0 Å². The topological polar surface area (TPSA) is 123 Å². The normalized spacial score (nSPS) is 17.9. The predicted molar refractivity (Wildman–Crippen MR) is 103 cm³/mol. The molecule has 2 aromatic heterocycles. The van der Waals surface area contributed by atoms with Crippen molar-refractivity contribution < 1.29 is 17.6 Å². The first-order chi connectivity index (χ1) is 13.9. The molecule has 11 heteroatoms. The Balaban J connectivity index is 1.44. The fourth-order valence-corrected chi connectivity index (χ4v) is 4.77. The lowest BCUT2D eigenvalue weighted by Crippen LogP contribution is -2.43. The summed E-state index contributed by atoms with van der Waals surface area (Å²) in [5.41, 5.74) is 0.498. The molecule has 1 aliphatic heterocycles. The van der Waals surface area contributed by atoms with E-state index < -0.39 is 15.9 Å². The van der Waals surface area contributed by atoms with Crippen molar-refractivity contribution in [1.82, 2.24) is 24.3 Å². The van der Waals surface area contributed by atoms with Crippen molar-refractivity contribution in [1.29, 1.82) is 0 Å². The Morgan fingerprint density at radius 1 is 1.21 bits per heavy atom. The van der Waals surface area contributed by atoms with Gasteiger partial charge < -0.3 is 4.42 Å². The average molecular weight is 416 g/mol. The molecule has 0 saturated carbocycles. The number of aromatic nitrogens is 4. The van der Waals surface area contributed by atoms with Crippen LogP contribution in [0, 0.1) is 5.92 Å². The third-order valence-corrected chi connectivity index (χ3v) is 6.60. The van der Waals surface area contributed by atoms with E-state index in [0.29, 0.717) is 25.1 Å². The van der Waals surface area contributed by atoms with Gasteiger partial charge in [0, 0.05) is 26.3 Å². The van der Waals surface area contributed by atoms with Crippen LogP contribution >= 0.6 is 0 Å². The molecule has 3 aromatic rings. The standard InChI is InChI=1S/C18H20N6O4S/c1-23-11-9-15(22-23)17-20-21-18(28-17)19-16(25)13-6-5-10-24(12-13)29(26,27)14-7-3-2-4-8-14/h2-4,7-9,11,13H,5-6,10,12H2,1H3,(H,19,21,25). The maximum Gasteiger partial charge on any atom is 0.322 e. The molecule has 1 N–H and O–H groups in total. The zero-order valence-electron chi connectivity index (χ0n) is 15.7. The molecule has 1 amide bonds. The number of rotatable bonds is 5. The number of carbonyl (C=O) groups excluding carboxylic acids is 1. The van der Waals surface area contributed by atoms with E-state index in [4.69, 9.17) is 4.42 Å². The Hall–Kier alpha value is -3.05. The van der Waals surface area contributed by atoms with Gasteiger partial charge in [0.25, 0.3) is 5.89 Å². The van der Waals surface area contributed by atoms with Gasteiger partial charge in [-0.1, -0.05) is 23.3 Å². The highest BCUT2D eigenvalue weighted by molar-refractivity contribution is 7.89. The van der Waals surface area contributed by atoms with Gasteiger partial charge in [-0.05, 0) is 31.0 Å². The molecule has 1 atom stereocenters. The van der Waals surface area contributed by atoms with Crippen molar-refractivity contribution in [2.75, 3.05) is 18.4 Å². The highest BCUT2D eigenvalue weighted by Gasteiger charge is 2.33. The number of aryl methyl sites for hydroxylation is 1. The molecule has 10 nitrogen and oxygen atoms in total. The van der Waals surface area contributed by atoms with Crippen molar-refractivity contribution in [2.45, 2.75) is 17.7 Å². The molecule has 0 spiro atoms. The molecular weight excluding hydrogens is 396 g/mol. The maximum atomic E-state index is 12.8. The van der Waals surface area contributed by atoms with Gasteiger partial charge in [-0.2, -0.15) is 9.40 Å². The van der Waals surface area contributed by atoms with E-state index in [1.807, 2.05) is 0 Å². The molecule has 1 fully saturated rings. The SMILES string of the molecule is Cn1ccc(-c2nnc(NC(=O)C3CCCN(S(=O)(=O)c4ccccc4)C3)o2)n1. The van der Waals surface area contributed by atoms with E-state index in [1.54, 1.807) is 54.3 Å². The van der Waals surface area contributed by atoms with E-state index in [1.165, 1.54) is 4.31 Å². The zero-order chi connectivity index (χ0) is 20.4. The number of hydrogen-bond acceptors (Lipinski definition) is 7. The first-order valence-electron chi connectivity index (χ1n) is 9.13. The second kappa shape index (κ2) is 7.76. The van der Waals surface area contributed by atoms with Crippen LogP contribution in [0.1, 0.15) is 12.8 Å². The molecule has 0 aliphatic carbocycles. The molecule has 1 saturated heterocycles. The van der Waals surface area contributed by atoms with Gasteiger partial charge in [-0.25, -0.2) is 8.42 Å². The molecule has 0 bridgehead atoms. The molecule has 1 aromatic carbocycles. The van der Waals surface area contributed by atoms with Crippen LogP contribution in [0.25, 0.3) is 11.6 Å². The van der Waals surface area contributed by atoms with Crippen molar-refractivity contribution in [3.8, 4) is 11.6 Å². The summed E-state index contributed by atoms with van der Waals surface area (Å²) in [5.74, 6) is -0.667. The van der Waals surface area contributed by atoms with E-state index in [9.17, 15) is 13.2 Å². The van der Waals surface area contributed by atoms with Gasteiger partial charge in [0.1, 0.15) is 5.69 Å². The van der Waals surface area contributed by atoms with Gasteiger partial charge >= 0.3 is 6.01 Å². The highest BCUT2D eigenvalue weighted by atomic mass is 32.2. The van der Waals surface area contributed by atoms with Gasteiger partial charge in [-0.15, -0.1) is 5.10 Å². The molecule has 1 unspecified atom stereocenters. The highest BCUT2D eigenvalue weighted by Crippen LogP contribution is 2.25. The minimum Gasteiger partial charge on any atom is -0.401 e. The third kappa shape index (κ3) is 4.05. The number of hydrogen-bond donors (Lipinski definition) is 1. The van der Waals surface area contributed by atoms with E-state index in [-0.39, 0.29) is 29.3 Å². The minimum absolute atomic E-state index is 0.0429. The van der Waals surface area contributed by atoms with Crippen molar-refractivity contribution in [3.63, 3.8) is 0 Å². The van der Waals surface area contributed by atoms with Crippen molar-refractivity contribution in [3.05, 3.63) is 42.6 Å². The zero-order valence-corrected chi connectivity index (χ0v) is 16.5. The molecular formula is C18H20N6O4S. The lowest BCUT2D eigenvalue weighted by Gasteiger charge is -2.30. The van der Waals surface area contributed by atoms with Gasteiger partial charge in [0.2, 0.25) is 15.9 Å². The number of piperidine rings is 1. The van der Waals surface area contributed by atoms with Crippen LogP contribution in [0.5, 0.6) is 0 Å². The van der Waals surface area contributed by atoms with Crippen LogP contribution in [0.2, 0.25) is 0 Å². The number of anilines is 1. The summed E-state index contributed by atoms with van der Waals surface area (Å²) in [5, 5.41) is 14.4. The fourth-order valence-electron chi connectivity index (χ4n) is 3.23. The summed E-state index contributed by atoms with van der Waals surface area (Å²) in [7, 11) is -1.87. The Labute approximate surface area is 167 Å². The van der Waals surface area contributed by atoms with E-state index in [2.05, 4.69) is 20.6 Å². The third-order valence-electron chi connectivity index (χ3n) is 4.72. The summed E-state index contributed by atoms with van der Waals surface area (Å²) in [4.78, 5) is 12.9. The van der Waals surface area contributed by atoms with Gasteiger partial charge in [-0.3, -0.25) is 14.8 Å². The number of nitrogens with zero attached hydrogens (tertiary/aromatic N) is 5. The minimum atomic E-state index is -3.64. The quantitative estimate of drug-likeness (QED) is 0.669. The van der Waals surface area contributed by atoms with Crippen LogP contribution in [0.4, 0.5) is 6.01 Å². The Kier molecular flexibility index (Phi) is 5.16. The van der Waals surface area contributed by atoms with Crippen LogP contribution in [-0.2, 0) is 21.9 Å². The lowest BCUT2D eigenvalue weighted by molar-refractivity contribution is -0.121. The van der Waals surface area contributed by atoms with Crippen LogP contribution in [-0.4, -0.2) is 51.7 Å². The summed E-state index contributed by atoms with van der Waals surface area (Å²) in [6, 6.07) is 9.89. The predicted octanol–water partition coefficient (Wildman–Crippen LogP) is 1.51. The van der Waals surface area contributed by atoms with Crippen LogP contribution in [0.15, 0.2) is 51.9 Å². The molecule has 0 radical (unpaired) electrons. The first kappa shape index (κ1) is 19.3. The molecule has 152 valence electrons. The second-order valence-corrected chi connectivity index (χ2v) is 8.73. The van der Waals surface area contributed by atoms with E-state index in [0.717, 1.165) is 0 Å². The number of nitrogens with one attached hydrogen (secondary N) is 1. The molecule has 3 heterocycles. The molecule has 1 aliphatic rings. The smallest absolute Gasteiger partial charge is 0.322 e. The lowest BCUT2D eigenvalue weighted by atomic mass is 9.99. The number of amides is 1. The largest absolute Gasteiger partial charge is 0.401 e. The summed E-state index contributed by atoms with van der Waals surface area (Å²) in [6.07, 6.45) is 2.91. The Morgan fingerprint density at radius 2 is 2.00 bits per heavy atom. The second-order valence-electron chi connectivity index (χ2n) is 6.79. The number of carbonyl (C=O) groups is 1. The van der Waals surface area contributed by atoms with Gasteiger partial charge in [0.15, 0.2) is 0 Å². The number of benzene rings is 1. The van der Waals surface area contributed by atoms with Gasteiger partial charge in [0.05, 0.1) is 10.8 Å². The van der Waals surface area contributed by atoms with Crippen molar-refractivity contribution >= 4 is 21.9 Å². The summed E-state index contributed by atoms with van der Waals surface area (Å²) in [6.45, 7) is 0.482. The summed E-state index contributed by atoms with van der Waals surface area (Å²) < 4.78 is 34.0. The molecule has 4 rings (SSSR count). The molecule has 29 heavy (non-hydrogen) atoms. The van der Waals surface area contributed by atoms with Crippen LogP contribution in [0.3, 0.4) is 0 Å². The first-order valence-corrected chi connectivity index (χ1v) is 10.6. The Bertz CT molecular complexity index is 1110. The number of sulfonamides is 1. The fraction of sp³-hybridized carbons (Fsp3) is 0.333. The average Bonchev–Trinajstić information content (AvgIpc) is 3.37. The van der Waals surface area contributed by atoms with E-state index >= 15 is 0 Å². The maximum absolute atomic E-state index is 12.8. The summed E-state index contributed by atoms with van der Waals surface area (Å²) >= 11 is 0.